The van der Waals surface area contributed by atoms with Gasteiger partial charge in [0.15, 0.2) is 0 Å². The molecule has 0 atom stereocenters. The van der Waals surface area contributed by atoms with Crippen LogP contribution in [0.3, 0.4) is 0 Å². The molecule has 0 unspecified atom stereocenters. The fourth-order valence-electron chi connectivity index (χ4n) is 1.90. The summed E-state index contributed by atoms with van der Waals surface area (Å²) in [6.45, 7) is 6.43. The average Bonchev–Trinajstić information content (AvgIpc) is 2.34. The van der Waals surface area contributed by atoms with Crippen molar-refractivity contribution in [2.24, 2.45) is 0 Å². The summed E-state index contributed by atoms with van der Waals surface area (Å²) < 4.78 is 5.42. The minimum atomic E-state index is 0.0726. The van der Waals surface area contributed by atoms with Crippen molar-refractivity contribution in [2.75, 3.05) is 26.0 Å². The van der Waals surface area contributed by atoms with Gasteiger partial charge in [0.25, 0.3) is 0 Å². The highest BCUT2D eigenvalue weighted by Crippen LogP contribution is 2.30. The van der Waals surface area contributed by atoms with E-state index in [4.69, 9.17) is 4.74 Å². The number of benzene rings is 1. The Kier molecular flexibility index (Phi) is 5.86. The van der Waals surface area contributed by atoms with Gasteiger partial charge in [0.1, 0.15) is 5.75 Å². The largest absolute Gasteiger partial charge is 0.496 e. The van der Waals surface area contributed by atoms with Crippen molar-refractivity contribution in [2.45, 2.75) is 25.7 Å². The zero-order valence-corrected chi connectivity index (χ0v) is 11.9. The van der Waals surface area contributed by atoms with Crippen molar-refractivity contribution in [3.05, 3.63) is 29.8 Å². The summed E-state index contributed by atoms with van der Waals surface area (Å²) in [5, 5.41) is 3.47. The molecule has 1 aromatic carbocycles. The number of methoxy groups -OCH3 is 1. The second kappa shape index (κ2) is 6.92. The molecule has 0 aliphatic rings. The molecule has 1 rings (SSSR count). The first-order valence-corrected chi connectivity index (χ1v) is 6.70. The predicted octanol–water partition coefficient (Wildman–Crippen LogP) is 2.88. The quantitative estimate of drug-likeness (QED) is 0.576. The van der Waals surface area contributed by atoms with Gasteiger partial charge in [-0.15, -0.1) is 0 Å². The lowest BCUT2D eigenvalue weighted by atomic mass is 9.84. The van der Waals surface area contributed by atoms with Crippen LogP contribution in [0.1, 0.15) is 25.8 Å². The van der Waals surface area contributed by atoms with Crippen LogP contribution in [0, 0.1) is 0 Å². The van der Waals surface area contributed by atoms with Crippen molar-refractivity contribution in [1.82, 2.24) is 5.32 Å². The number of nitrogens with one attached hydrogen (secondary N) is 1. The Bertz CT molecular complexity index is 339. The Hall–Kier alpha value is -0.670. The summed E-state index contributed by atoms with van der Waals surface area (Å²) in [7, 11) is 1.73. The molecule has 1 aromatic rings. The van der Waals surface area contributed by atoms with E-state index in [1.165, 1.54) is 5.56 Å². The van der Waals surface area contributed by atoms with Gasteiger partial charge in [-0.25, -0.2) is 0 Å². The second-order valence-corrected chi connectivity index (χ2v) is 5.29. The van der Waals surface area contributed by atoms with Gasteiger partial charge in [-0.2, -0.15) is 12.6 Å². The monoisotopic (exact) mass is 253 g/mol. The Morgan fingerprint density at radius 2 is 2.00 bits per heavy atom. The number of hydrogen-bond acceptors (Lipinski definition) is 3. The minimum Gasteiger partial charge on any atom is -0.496 e. The molecule has 0 radical (unpaired) electrons. The number of thiol groups is 1. The minimum absolute atomic E-state index is 0.0726. The summed E-state index contributed by atoms with van der Waals surface area (Å²) in [4.78, 5) is 0. The van der Waals surface area contributed by atoms with Crippen LogP contribution in [-0.2, 0) is 5.41 Å². The Balaban J connectivity index is 2.67. The van der Waals surface area contributed by atoms with Crippen molar-refractivity contribution in [3.8, 4) is 5.75 Å². The van der Waals surface area contributed by atoms with Gasteiger partial charge in [0.2, 0.25) is 0 Å². The van der Waals surface area contributed by atoms with Gasteiger partial charge in [-0.1, -0.05) is 32.0 Å². The molecule has 1 N–H and O–H groups in total. The molecule has 2 nitrogen and oxygen atoms in total. The molecule has 0 aliphatic carbocycles. The predicted molar refractivity (Wildman–Crippen MR) is 77.4 cm³/mol. The topological polar surface area (TPSA) is 21.3 Å². The first-order valence-electron chi connectivity index (χ1n) is 6.07. The molecule has 0 saturated heterocycles. The van der Waals surface area contributed by atoms with E-state index in [9.17, 15) is 0 Å². The molecular formula is C14H23NOS. The molecule has 0 aromatic heterocycles. The molecule has 0 fully saturated rings. The van der Waals surface area contributed by atoms with Crippen LogP contribution < -0.4 is 10.1 Å². The fourth-order valence-corrected chi connectivity index (χ4v) is 2.06. The van der Waals surface area contributed by atoms with Crippen LogP contribution in [0.25, 0.3) is 0 Å². The number of para-hydroxylation sites is 1. The van der Waals surface area contributed by atoms with E-state index in [0.717, 1.165) is 31.0 Å². The van der Waals surface area contributed by atoms with Crippen LogP contribution in [0.15, 0.2) is 24.3 Å². The number of hydrogen-bond donors (Lipinski definition) is 2. The first-order chi connectivity index (χ1) is 8.11. The summed E-state index contributed by atoms with van der Waals surface area (Å²) >= 11 is 4.21. The van der Waals surface area contributed by atoms with Crippen molar-refractivity contribution >= 4 is 12.6 Å². The van der Waals surface area contributed by atoms with Crippen LogP contribution in [0.4, 0.5) is 0 Å². The lowest BCUT2D eigenvalue weighted by Gasteiger charge is -2.27. The lowest BCUT2D eigenvalue weighted by Crippen LogP contribution is -2.33. The maximum Gasteiger partial charge on any atom is 0.122 e. The Morgan fingerprint density at radius 3 is 2.65 bits per heavy atom. The van der Waals surface area contributed by atoms with Crippen LogP contribution >= 0.6 is 12.6 Å². The zero-order valence-electron chi connectivity index (χ0n) is 11.0. The van der Waals surface area contributed by atoms with Gasteiger partial charge in [0.05, 0.1) is 7.11 Å². The Morgan fingerprint density at radius 1 is 1.29 bits per heavy atom. The van der Waals surface area contributed by atoms with E-state index < -0.39 is 0 Å². The third-order valence-electron chi connectivity index (χ3n) is 2.91. The summed E-state index contributed by atoms with van der Waals surface area (Å²) in [6.07, 6.45) is 1.10. The zero-order chi connectivity index (χ0) is 12.7. The van der Waals surface area contributed by atoms with Crippen LogP contribution in [0.2, 0.25) is 0 Å². The first kappa shape index (κ1) is 14.4. The van der Waals surface area contributed by atoms with Gasteiger partial charge in [-0.05, 0) is 24.8 Å². The molecule has 0 bridgehead atoms. The summed E-state index contributed by atoms with van der Waals surface area (Å²) in [6, 6.07) is 8.23. The highest BCUT2D eigenvalue weighted by Gasteiger charge is 2.23. The van der Waals surface area contributed by atoms with Gasteiger partial charge < -0.3 is 10.1 Å². The molecule has 17 heavy (non-hydrogen) atoms. The third-order valence-corrected chi connectivity index (χ3v) is 3.23. The van der Waals surface area contributed by atoms with Crippen molar-refractivity contribution < 1.29 is 4.74 Å². The molecule has 0 aliphatic heterocycles. The van der Waals surface area contributed by atoms with Crippen molar-refractivity contribution in [1.29, 1.82) is 0 Å². The summed E-state index contributed by atoms with van der Waals surface area (Å²) in [5.41, 5.74) is 1.32. The van der Waals surface area contributed by atoms with E-state index in [-0.39, 0.29) is 5.41 Å². The smallest absolute Gasteiger partial charge is 0.122 e. The van der Waals surface area contributed by atoms with E-state index >= 15 is 0 Å². The Labute approximate surface area is 110 Å². The second-order valence-electron chi connectivity index (χ2n) is 4.84. The number of ether oxygens (including phenoxy) is 1. The van der Waals surface area contributed by atoms with Gasteiger partial charge in [0, 0.05) is 17.5 Å². The van der Waals surface area contributed by atoms with Crippen LogP contribution in [-0.4, -0.2) is 26.0 Å². The number of rotatable bonds is 7. The van der Waals surface area contributed by atoms with Gasteiger partial charge >= 0.3 is 0 Å². The molecule has 3 heteroatoms. The SMILES string of the molecule is COc1ccccc1C(C)(C)CNCCCS. The highest BCUT2D eigenvalue weighted by atomic mass is 32.1. The highest BCUT2D eigenvalue weighted by molar-refractivity contribution is 7.80. The standard InChI is InChI=1S/C14H23NOS/c1-14(2,11-15-9-6-10-17)12-7-4-5-8-13(12)16-3/h4-5,7-8,15,17H,6,9-11H2,1-3H3. The molecule has 0 heterocycles. The van der Waals surface area contributed by atoms with E-state index in [0.29, 0.717) is 0 Å². The lowest BCUT2D eigenvalue weighted by molar-refractivity contribution is 0.386. The summed E-state index contributed by atoms with van der Waals surface area (Å²) in [5.74, 6) is 1.90. The van der Waals surface area contributed by atoms with Gasteiger partial charge in [-0.3, -0.25) is 0 Å². The van der Waals surface area contributed by atoms with Crippen LogP contribution in [0.5, 0.6) is 5.75 Å². The molecule has 0 amide bonds. The van der Waals surface area contributed by atoms with Crippen molar-refractivity contribution in [3.63, 3.8) is 0 Å². The molecule has 96 valence electrons. The molecule has 0 spiro atoms. The molecule has 0 saturated carbocycles. The normalized spacial score (nSPS) is 11.5. The maximum absolute atomic E-state index is 5.42. The van der Waals surface area contributed by atoms with E-state index in [1.807, 2.05) is 12.1 Å². The van der Waals surface area contributed by atoms with E-state index in [1.54, 1.807) is 7.11 Å². The van der Waals surface area contributed by atoms with E-state index in [2.05, 4.69) is 43.9 Å². The average molecular weight is 253 g/mol. The maximum atomic E-state index is 5.42. The third kappa shape index (κ3) is 4.25. The molecular weight excluding hydrogens is 230 g/mol. The fraction of sp³-hybridized carbons (Fsp3) is 0.571.